The topological polar surface area (TPSA) is 201 Å². The summed E-state index contributed by atoms with van der Waals surface area (Å²) in [6.45, 7) is 15.0. The van der Waals surface area contributed by atoms with Crippen molar-refractivity contribution in [2.45, 2.75) is 115 Å². The zero-order valence-electron chi connectivity index (χ0n) is 49.7. The van der Waals surface area contributed by atoms with Crippen molar-refractivity contribution in [3.8, 4) is 40.2 Å². The fourth-order valence-corrected chi connectivity index (χ4v) is 10.7. The van der Waals surface area contributed by atoms with Crippen LogP contribution in [0.4, 0.5) is 5.69 Å². The molecule has 0 heterocycles. The molecule has 0 bridgehead atoms. The SMILES string of the molecule is C=CC(=O)OCCCCCCOc1ccc(OC(=O)C2CCC(C(=O)Oc3ccc(OC(=O)C4CCC(C(=O)Oc5ccc(OCCCCCCOC(=O)C=C)cc5)CC4)c(/C=N/N(C(=C)Sc4ccccc4C)c4ccc(OC)cc4)c3)CC2)cc1. The summed E-state index contributed by atoms with van der Waals surface area (Å²) < 4.78 is 50.8. The van der Waals surface area contributed by atoms with E-state index in [1.807, 2.05) is 55.5 Å². The Balaban J connectivity index is 0.941. The second-order valence-corrected chi connectivity index (χ2v) is 22.3. The quantitative estimate of drug-likeness (QED) is 0.00729. The zero-order valence-corrected chi connectivity index (χ0v) is 50.5. The number of methoxy groups -OCH3 is 1. The maximum Gasteiger partial charge on any atom is 0.330 e. The Morgan fingerprint density at radius 3 is 1.36 bits per heavy atom. The minimum Gasteiger partial charge on any atom is -0.497 e. The number of esters is 6. The zero-order chi connectivity index (χ0) is 61.8. The van der Waals surface area contributed by atoms with Crippen LogP contribution in [0.15, 0.2) is 162 Å². The number of hydrazone groups is 1. The van der Waals surface area contributed by atoms with E-state index < -0.39 is 47.5 Å². The third-order valence-electron chi connectivity index (χ3n) is 14.9. The number of anilines is 1. The molecule has 0 saturated heterocycles. The molecule has 5 aromatic carbocycles. The molecule has 87 heavy (non-hydrogen) atoms. The Kier molecular flexibility index (Phi) is 26.6. The molecule has 0 N–H and O–H groups in total. The molecular weight excluding hydrogens is 1130 g/mol. The van der Waals surface area contributed by atoms with Crippen LogP contribution in [0.2, 0.25) is 0 Å². The number of ether oxygens (including phenoxy) is 9. The maximum atomic E-state index is 14.0. The van der Waals surface area contributed by atoms with Gasteiger partial charge in [-0.15, -0.1) is 0 Å². The van der Waals surface area contributed by atoms with Crippen molar-refractivity contribution in [2.24, 2.45) is 28.8 Å². The fraction of sp³-hybridized carbons (Fsp3) is 0.377. The predicted octanol–water partition coefficient (Wildman–Crippen LogP) is 14.1. The molecule has 0 aliphatic heterocycles. The lowest BCUT2D eigenvalue weighted by molar-refractivity contribution is -0.145. The van der Waals surface area contributed by atoms with E-state index in [0.29, 0.717) is 123 Å². The van der Waals surface area contributed by atoms with Crippen LogP contribution in [0.3, 0.4) is 0 Å². The highest BCUT2D eigenvalue weighted by Gasteiger charge is 2.34. The highest BCUT2D eigenvalue weighted by Crippen LogP contribution is 2.37. The average molecular weight is 1210 g/mol. The Morgan fingerprint density at radius 1 is 0.506 bits per heavy atom. The van der Waals surface area contributed by atoms with E-state index in [2.05, 4.69) is 19.7 Å². The van der Waals surface area contributed by atoms with Gasteiger partial charge in [0, 0.05) is 22.6 Å². The van der Waals surface area contributed by atoms with Gasteiger partial charge in [-0.3, -0.25) is 19.2 Å². The van der Waals surface area contributed by atoms with Crippen LogP contribution in [-0.4, -0.2) is 75.6 Å². The number of hydrogen-bond acceptors (Lipinski definition) is 18. The van der Waals surface area contributed by atoms with Crippen molar-refractivity contribution in [1.82, 2.24) is 0 Å². The first-order valence-corrected chi connectivity index (χ1v) is 30.6. The number of unbranched alkanes of at least 4 members (excludes halogenated alkanes) is 6. The molecule has 0 amide bonds. The Hall–Kier alpha value is -8.64. The van der Waals surface area contributed by atoms with Gasteiger partial charge in [-0.05, 0) is 212 Å². The molecule has 17 nitrogen and oxygen atoms in total. The molecule has 0 atom stereocenters. The van der Waals surface area contributed by atoms with Gasteiger partial charge in [0.1, 0.15) is 40.2 Å². The smallest absolute Gasteiger partial charge is 0.330 e. The largest absolute Gasteiger partial charge is 0.497 e. The van der Waals surface area contributed by atoms with Crippen molar-refractivity contribution < 1.29 is 71.4 Å². The fourth-order valence-electron chi connectivity index (χ4n) is 9.83. The van der Waals surface area contributed by atoms with E-state index in [9.17, 15) is 28.8 Å². The lowest BCUT2D eigenvalue weighted by Crippen LogP contribution is -2.30. The Bertz CT molecular complexity index is 3130. The van der Waals surface area contributed by atoms with Gasteiger partial charge in [-0.25, -0.2) is 14.6 Å². The molecule has 0 aromatic heterocycles. The number of hydrogen-bond donors (Lipinski definition) is 0. The lowest BCUT2D eigenvalue weighted by Gasteiger charge is -2.26. The minimum absolute atomic E-state index is 0.184. The summed E-state index contributed by atoms with van der Waals surface area (Å²) in [6, 6.07) is 33.8. The molecule has 5 aromatic rings. The van der Waals surface area contributed by atoms with E-state index >= 15 is 0 Å². The second-order valence-electron chi connectivity index (χ2n) is 21.2. The van der Waals surface area contributed by atoms with Gasteiger partial charge in [-0.2, -0.15) is 5.10 Å². The highest BCUT2D eigenvalue weighted by atomic mass is 32.2. The van der Waals surface area contributed by atoms with Gasteiger partial charge >= 0.3 is 35.8 Å². The van der Waals surface area contributed by atoms with Crippen LogP contribution in [0, 0.1) is 30.6 Å². The standard InChI is InChI=1S/C69H78N2O15S/c1-6-64(72)81-44-16-10-8-14-42-79-57-32-36-59(37-33-57)83-66(74)50-20-22-52(23-21-50)68(76)85-61-40-41-62(54(46-61)47-70-71(55-28-30-56(78-5)31-29-55)49(4)87-63-19-13-12-18-48(63)3)86-69(77)53-26-24-51(25-27-53)67(75)84-60-38-34-58(35-39-60)80-43-15-9-11-17-45-82-65(73)7-2/h6-7,12-13,18-19,28-41,46-47,50-53H,1-2,4,8-11,14-17,20-27,42-45H2,3,5H3/b70-47+. The normalized spacial score (nSPS) is 16.3. The van der Waals surface area contributed by atoms with Crippen LogP contribution in [0.5, 0.6) is 40.2 Å². The molecule has 2 aliphatic carbocycles. The second kappa shape index (κ2) is 35.1. The first-order valence-electron chi connectivity index (χ1n) is 29.7. The van der Waals surface area contributed by atoms with Crippen LogP contribution in [0.25, 0.3) is 0 Å². The van der Waals surface area contributed by atoms with E-state index in [4.69, 9.17) is 47.7 Å². The van der Waals surface area contributed by atoms with Gasteiger partial charge < -0.3 is 42.6 Å². The van der Waals surface area contributed by atoms with E-state index in [1.54, 1.807) is 78.8 Å². The number of rotatable bonds is 33. The number of aryl methyl sites for hydroxylation is 1. The van der Waals surface area contributed by atoms with Gasteiger partial charge in [0.15, 0.2) is 0 Å². The van der Waals surface area contributed by atoms with Gasteiger partial charge in [0.2, 0.25) is 0 Å². The average Bonchev–Trinajstić information content (AvgIpc) is 3.37. The molecule has 460 valence electrons. The highest BCUT2D eigenvalue weighted by molar-refractivity contribution is 8.03. The number of carbonyl (C=O) groups excluding carboxylic acids is 6. The molecule has 7 rings (SSSR count). The molecule has 0 spiro atoms. The van der Waals surface area contributed by atoms with Crippen molar-refractivity contribution in [2.75, 3.05) is 38.5 Å². The van der Waals surface area contributed by atoms with Gasteiger partial charge in [-0.1, -0.05) is 49.7 Å². The Labute approximate surface area is 514 Å². The molecule has 18 heteroatoms. The molecule has 0 radical (unpaired) electrons. The summed E-state index contributed by atoms with van der Waals surface area (Å²) in [5.41, 5.74) is 2.08. The predicted molar refractivity (Wildman–Crippen MR) is 332 cm³/mol. The number of carbonyl (C=O) groups is 6. The molecule has 2 aliphatic rings. The summed E-state index contributed by atoms with van der Waals surface area (Å²) in [4.78, 5) is 77.9. The molecular formula is C69H78N2O15S. The van der Waals surface area contributed by atoms with Crippen LogP contribution >= 0.6 is 11.8 Å². The van der Waals surface area contributed by atoms with E-state index in [0.717, 1.165) is 74.0 Å². The summed E-state index contributed by atoms with van der Waals surface area (Å²) in [5.74, 6) is -1.13. The van der Waals surface area contributed by atoms with Crippen molar-refractivity contribution >= 4 is 59.5 Å². The molecule has 2 saturated carbocycles. The summed E-state index contributed by atoms with van der Waals surface area (Å²) >= 11 is 1.44. The van der Waals surface area contributed by atoms with Crippen molar-refractivity contribution in [3.05, 3.63) is 163 Å². The Morgan fingerprint density at radius 2 is 0.908 bits per heavy atom. The van der Waals surface area contributed by atoms with E-state index in [1.165, 1.54) is 18.0 Å². The lowest BCUT2D eigenvalue weighted by atomic mass is 9.82. The summed E-state index contributed by atoms with van der Waals surface area (Å²) in [7, 11) is 1.59. The number of thioether (sulfide) groups is 1. The third kappa shape index (κ3) is 21.7. The minimum atomic E-state index is -0.502. The van der Waals surface area contributed by atoms with Crippen molar-refractivity contribution in [1.29, 1.82) is 0 Å². The summed E-state index contributed by atoms with van der Waals surface area (Å²) in [5, 5.41) is 7.14. The van der Waals surface area contributed by atoms with Gasteiger partial charge in [0.05, 0.1) is 74.1 Å². The van der Waals surface area contributed by atoms with Gasteiger partial charge in [0.25, 0.3) is 0 Å². The monoisotopic (exact) mass is 1210 g/mol. The van der Waals surface area contributed by atoms with E-state index in [-0.39, 0.29) is 23.4 Å². The van der Waals surface area contributed by atoms with Crippen molar-refractivity contribution in [3.63, 3.8) is 0 Å². The molecule has 0 unspecified atom stereocenters. The first-order chi connectivity index (χ1) is 42.3. The molecule has 2 fully saturated rings. The maximum absolute atomic E-state index is 14.0. The summed E-state index contributed by atoms with van der Waals surface area (Å²) in [6.07, 6.45) is 14.1. The van der Waals surface area contributed by atoms with Crippen LogP contribution < -0.4 is 38.2 Å². The number of nitrogens with zero attached hydrogens (tertiary/aromatic N) is 2. The first kappa shape index (κ1) is 65.9. The number of benzene rings is 5. The van der Waals surface area contributed by atoms with Crippen LogP contribution in [-0.2, 0) is 38.2 Å². The third-order valence-corrected chi connectivity index (χ3v) is 16.0. The van der Waals surface area contributed by atoms with Crippen LogP contribution in [0.1, 0.15) is 114 Å².